The predicted molar refractivity (Wildman–Crippen MR) is 93.0 cm³/mol. The number of aryl methyl sites for hydroxylation is 1. The minimum atomic E-state index is -0.0321. The predicted octanol–water partition coefficient (Wildman–Crippen LogP) is 3.79. The summed E-state index contributed by atoms with van der Waals surface area (Å²) in [7, 11) is 0. The lowest BCUT2D eigenvalue weighted by molar-refractivity contribution is 0.0749. The van der Waals surface area contributed by atoms with E-state index in [1.54, 1.807) is 13.0 Å². The van der Waals surface area contributed by atoms with Gasteiger partial charge in [-0.25, -0.2) is 9.97 Å². The summed E-state index contributed by atoms with van der Waals surface area (Å²) in [6.45, 7) is 7.44. The Balaban J connectivity index is 2.23. The Morgan fingerprint density at radius 1 is 1.09 bits per heavy atom. The molecule has 2 aromatic rings. The lowest BCUT2D eigenvalue weighted by atomic mass is 10.2. The summed E-state index contributed by atoms with van der Waals surface area (Å²) in [5, 5.41) is 3.22. The molecule has 0 atom stereocenters. The molecule has 0 bridgehead atoms. The van der Waals surface area contributed by atoms with Crippen molar-refractivity contribution >= 4 is 17.4 Å². The Morgan fingerprint density at radius 3 is 2.35 bits per heavy atom. The number of nitrogens with one attached hydrogen (secondary N) is 1. The SMILES string of the molecule is CCCN(CCC)C(=O)c1cc(Nc2ccccc2)nc(C)n1. The second kappa shape index (κ2) is 8.27. The lowest BCUT2D eigenvalue weighted by Crippen LogP contribution is -2.33. The lowest BCUT2D eigenvalue weighted by Gasteiger charge is -2.21. The maximum absolute atomic E-state index is 12.7. The zero-order valence-electron chi connectivity index (χ0n) is 14.0. The molecule has 5 nitrogen and oxygen atoms in total. The number of carbonyl (C=O) groups is 1. The smallest absolute Gasteiger partial charge is 0.272 e. The fourth-order valence-corrected chi connectivity index (χ4v) is 2.43. The Hall–Kier alpha value is -2.43. The van der Waals surface area contributed by atoms with Crippen molar-refractivity contribution < 1.29 is 4.79 Å². The summed E-state index contributed by atoms with van der Waals surface area (Å²) in [4.78, 5) is 23.2. The molecule has 0 fully saturated rings. The molecule has 0 unspecified atom stereocenters. The van der Waals surface area contributed by atoms with Crippen molar-refractivity contribution in [2.24, 2.45) is 0 Å². The van der Waals surface area contributed by atoms with Crippen LogP contribution in [0.15, 0.2) is 36.4 Å². The zero-order valence-corrected chi connectivity index (χ0v) is 14.0. The van der Waals surface area contributed by atoms with E-state index < -0.39 is 0 Å². The molecule has 0 aliphatic carbocycles. The third kappa shape index (κ3) is 4.77. The molecule has 0 aliphatic rings. The van der Waals surface area contributed by atoms with Gasteiger partial charge in [-0.1, -0.05) is 32.0 Å². The van der Waals surface area contributed by atoms with Gasteiger partial charge in [-0.3, -0.25) is 4.79 Å². The summed E-state index contributed by atoms with van der Waals surface area (Å²) >= 11 is 0. The number of para-hydroxylation sites is 1. The van der Waals surface area contributed by atoms with Gasteiger partial charge in [-0.2, -0.15) is 0 Å². The molecule has 0 saturated carbocycles. The number of anilines is 2. The second-order valence-corrected chi connectivity index (χ2v) is 5.47. The normalized spacial score (nSPS) is 10.4. The van der Waals surface area contributed by atoms with E-state index in [1.165, 1.54) is 0 Å². The van der Waals surface area contributed by atoms with Crippen molar-refractivity contribution in [3.8, 4) is 0 Å². The summed E-state index contributed by atoms with van der Waals surface area (Å²) in [5.41, 5.74) is 1.38. The molecule has 1 amide bonds. The number of benzene rings is 1. The topological polar surface area (TPSA) is 58.1 Å². The summed E-state index contributed by atoms with van der Waals surface area (Å²) in [6, 6.07) is 11.5. The molecule has 0 saturated heterocycles. The minimum Gasteiger partial charge on any atom is -0.340 e. The third-order valence-corrected chi connectivity index (χ3v) is 3.38. The van der Waals surface area contributed by atoms with Crippen LogP contribution in [0.5, 0.6) is 0 Å². The summed E-state index contributed by atoms with van der Waals surface area (Å²) in [6.07, 6.45) is 1.87. The average Bonchev–Trinajstić information content (AvgIpc) is 2.54. The van der Waals surface area contributed by atoms with E-state index >= 15 is 0 Å². The number of hydrogen-bond acceptors (Lipinski definition) is 4. The first-order chi connectivity index (χ1) is 11.1. The maximum atomic E-state index is 12.7. The highest BCUT2D eigenvalue weighted by Gasteiger charge is 2.17. The molecule has 0 aliphatic heterocycles. The molecule has 122 valence electrons. The first-order valence-corrected chi connectivity index (χ1v) is 8.11. The molecule has 0 radical (unpaired) electrons. The van der Waals surface area contributed by atoms with Crippen molar-refractivity contribution in [2.45, 2.75) is 33.6 Å². The second-order valence-electron chi connectivity index (χ2n) is 5.47. The number of rotatable bonds is 7. The Kier molecular flexibility index (Phi) is 6.09. The highest BCUT2D eigenvalue weighted by molar-refractivity contribution is 5.93. The van der Waals surface area contributed by atoms with E-state index in [4.69, 9.17) is 0 Å². The minimum absolute atomic E-state index is 0.0321. The average molecular weight is 312 g/mol. The Bertz CT molecular complexity index is 637. The van der Waals surface area contributed by atoms with Crippen LogP contribution in [0.3, 0.4) is 0 Å². The molecule has 23 heavy (non-hydrogen) atoms. The zero-order chi connectivity index (χ0) is 16.7. The number of amides is 1. The van der Waals surface area contributed by atoms with Crippen LogP contribution in [0.1, 0.15) is 43.0 Å². The molecule has 5 heteroatoms. The van der Waals surface area contributed by atoms with Crippen LogP contribution >= 0.6 is 0 Å². The van der Waals surface area contributed by atoms with Gasteiger partial charge in [0.25, 0.3) is 5.91 Å². The van der Waals surface area contributed by atoms with Crippen LogP contribution in [-0.4, -0.2) is 33.9 Å². The molecule has 1 heterocycles. The molecular formula is C18H24N4O. The van der Waals surface area contributed by atoms with Gasteiger partial charge in [-0.05, 0) is 31.9 Å². The van der Waals surface area contributed by atoms with Gasteiger partial charge in [0, 0.05) is 24.8 Å². The van der Waals surface area contributed by atoms with Gasteiger partial charge in [0.05, 0.1) is 0 Å². The highest BCUT2D eigenvalue weighted by atomic mass is 16.2. The monoisotopic (exact) mass is 312 g/mol. The fourth-order valence-electron chi connectivity index (χ4n) is 2.43. The van der Waals surface area contributed by atoms with Gasteiger partial charge in [0.2, 0.25) is 0 Å². The van der Waals surface area contributed by atoms with Crippen molar-refractivity contribution in [1.82, 2.24) is 14.9 Å². The summed E-state index contributed by atoms with van der Waals surface area (Å²) < 4.78 is 0. The molecular weight excluding hydrogens is 288 g/mol. The van der Waals surface area contributed by atoms with Crippen LogP contribution in [0, 0.1) is 6.92 Å². The quantitative estimate of drug-likeness (QED) is 0.845. The first-order valence-electron chi connectivity index (χ1n) is 8.11. The van der Waals surface area contributed by atoms with Crippen molar-refractivity contribution in [2.75, 3.05) is 18.4 Å². The number of carbonyl (C=O) groups excluding carboxylic acids is 1. The van der Waals surface area contributed by atoms with Crippen molar-refractivity contribution in [3.05, 3.63) is 47.9 Å². The summed E-state index contributed by atoms with van der Waals surface area (Å²) in [5.74, 6) is 1.19. The van der Waals surface area contributed by atoms with E-state index in [1.807, 2.05) is 35.2 Å². The van der Waals surface area contributed by atoms with Crippen LogP contribution < -0.4 is 5.32 Å². The maximum Gasteiger partial charge on any atom is 0.272 e. The van der Waals surface area contributed by atoms with Crippen LogP contribution in [0.4, 0.5) is 11.5 Å². The first kappa shape index (κ1) is 16.9. The molecule has 1 aromatic heterocycles. The van der Waals surface area contributed by atoms with Crippen LogP contribution in [0.25, 0.3) is 0 Å². The molecule has 1 N–H and O–H groups in total. The largest absolute Gasteiger partial charge is 0.340 e. The molecule has 1 aromatic carbocycles. The van der Waals surface area contributed by atoms with Gasteiger partial charge >= 0.3 is 0 Å². The Labute approximate surface area is 137 Å². The van der Waals surface area contributed by atoms with Crippen LogP contribution in [-0.2, 0) is 0 Å². The van der Waals surface area contributed by atoms with E-state index in [-0.39, 0.29) is 5.91 Å². The van der Waals surface area contributed by atoms with Gasteiger partial charge in [0.15, 0.2) is 0 Å². The number of hydrogen-bond donors (Lipinski definition) is 1. The number of nitrogens with zero attached hydrogens (tertiary/aromatic N) is 3. The van der Waals surface area contributed by atoms with Crippen molar-refractivity contribution in [3.63, 3.8) is 0 Å². The fraction of sp³-hybridized carbons (Fsp3) is 0.389. The molecule has 2 rings (SSSR count). The van der Waals surface area contributed by atoms with E-state index in [2.05, 4.69) is 29.1 Å². The highest BCUT2D eigenvalue weighted by Crippen LogP contribution is 2.16. The van der Waals surface area contributed by atoms with E-state index in [0.717, 1.165) is 31.6 Å². The van der Waals surface area contributed by atoms with Gasteiger partial charge in [-0.15, -0.1) is 0 Å². The standard InChI is InChI=1S/C18H24N4O/c1-4-11-22(12-5-2)18(23)16-13-17(20-14(3)19-16)21-15-9-7-6-8-10-15/h6-10,13H,4-5,11-12H2,1-3H3,(H,19,20,21). The van der Waals surface area contributed by atoms with Gasteiger partial charge < -0.3 is 10.2 Å². The number of aromatic nitrogens is 2. The van der Waals surface area contributed by atoms with Crippen LogP contribution in [0.2, 0.25) is 0 Å². The van der Waals surface area contributed by atoms with E-state index in [0.29, 0.717) is 17.3 Å². The molecule has 0 spiro atoms. The Morgan fingerprint density at radius 2 is 1.74 bits per heavy atom. The van der Waals surface area contributed by atoms with Gasteiger partial charge in [0.1, 0.15) is 17.3 Å². The van der Waals surface area contributed by atoms with Crippen molar-refractivity contribution in [1.29, 1.82) is 0 Å². The third-order valence-electron chi connectivity index (χ3n) is 3.38. The van der Waals surface area contributed by atoms with E-state index in [9.17, 15) is 4.79 Å².